The van der Waals surface area contributed by atoms with E-state index in [4.69, 9.17) is 0 Å². The van der Waals surface area contributed by atoms with Gasteiger partial charge in [0.05, 0.1) is 6.54 Å². The highest BCUT2D eigenvalue weighted by Crippen LogP contribution is 2.21. The van der Waals surface area contributed by atoms with E-state index in [0.29, 0.717) is 0 Å². The lowest BCUT2D eigenvalue weighted by Gasteiger charge is -2.21. The molecule has 0 radical (unpaired) electrons. The largest absolute Gasteiger partial charge is 0.376 e. The SMILES string of the molecule is CCc1cccc(C)c1NC(=O)CNc1ccc(N(CC)CC)cc1. The fourth-order valence-electron chi connectivity index (χ4n) is 2.95. The van der Waals surface area contributed by atoms with E-state index >= 15 is 0 Å². The molecule has 0 bridgehead atoms. The van der Waals surface area contributed by atoms with Gasteiger partial charge in [0.25, 0.3) is 0 Å². The lowest BCUT2D eigenvalue weighted by Crippen LogP contribution is -2.23. The van der Waals surface area contributed by atoms with Crippen molar-refractivity contribution in [1.82, 2.24) is 0 Å². The molecule has 2 N–H and O–H groups in total. The average molecular weight is 339 g/mol. The fourth-order valence-corrected chi connectivity index (χ4v) is 2.95. The minimum atomic E-state index is -0.0307. The van der Waals surface area contributed by atoms with Crippen LogP contribution in [0.1, 0.15) is 31.9 Å². The summed E-state index contributed by atoms with van der Waals surface area (Å²) in [6.07, 6.45) is 0.900. The van der Waals surface area contributed by atoms with E-state index in [-0.39, 0.29) is 12.5 Å². The van der Waals surface area contributed by atoms with E-state index in [2.05, 4.69) is 54.5 Å². The lowest BCUT2D eigenvalue weighted by molar-refractivity contribution is -0.114. The van der Waals surface area contributed by atoms with Crippen LogP contribution in [0, 0.1) is 6.92 Å². The number of rotatable bonds is 8. The van der Waals surface area contributed by atoms with Crippen LogP contribution in [0.4, 0.5) is 17.1 Å². The summed E-state index contributed by atoms with van der Waals surface area (Å²) in [5.41, 5.74) is 5.35. The number of anilines is 3. The molecule has 2 aromatic rings. The quantitative estimate of drug-likeness (QED) is 0.746. The van der Waals surface area contributed by atoms with Crippen LogP contribution < -0.4 is 15.5 Å². The van der Waals surface area contributed by atoms with Crippen LogP contribution in [0.3, 0.4) is 0 Å². The zero-order valence-electron chi connectivity index (χ0n) is 15.7. The van der Waals surface area contributed by atoms with Crippen LogP contribution in [0.25, 0.3) is 0 Å². The normalized spacial score (nSPS) is 10.4. The van der Waals surface area contributed by atoms with Crippen molar-refractivity contribution in [1.29, 1.82) is 0 Å². The molecule has 0 saturated heterocycles. The number of benzene rings is 2. The van der Waals surface area contributed by atoms with Crippen LogP contribution in [0.5, 0.6) is 0 Å². The molecule has 0 aliphatic rings. The molecule has 4 heteroatoms. The molecule has 2 rings (SSSR count). The van der Waals surface area contributed by atoms with Crippen molar-refractivity contribution in [2.24, 2.45) is 0 Å². The summed E-state index contributed by atoms with van der Waals surface area (Å²) in [6, 6.07) is 14.3. The second-order valence-corrected chi connectivity index (χ2v) is 6.08. The number of hydrogen-bond acceptors (Lipinski definition) is 3. The van der Waals surface area contributed by atoms with Gasteiger partial charge in [-0.2, -0.15) is 0 Å². The van der Waals surface area contributed by atoms with E-state index in [9.17, 15) is 4.79 Å². The van der Waals surface area contributed by atoms with Gasteiger partial charge in [0.1, 0.15) is 0 Å². The molecular formula is C21H29N3O. The molecule has 0 fully saturated rings. The predicted molar refractivity (Wildman–Crippen MR) is 108 cm³/mol. The summed E-state index contributed by atoms with van der Waals surface area (Å²) in [4.78, 5) is 14.6. The molecule has 0 unspecified atom stereocenters. The van der Waals surface area contributed by atoms with Gasteiger partial charge in [0.2, 0.25) is 5.91 Å². The number of para-hydroxylation sites is 1. The fraction of sp³-hybridized carbons (Fsp3) is 0.381. The first-order chi connectivity index (χ1) is 12.1. The minimum absolute atomic E-state index is 0.0307. The van der Waals surface area contributed by atoms with Gasteiger partial charge in [-0.1, -0.05) is 25.1 Å². The number of amides is 1. The van der Waals surface area contributed by atoms with Gasteiger partial charge in [-0.25, -0.2) is 0 Å². The Balaban J connectivity index is 1.94. The highest BCUT2D eigenvalue weighted by Gasteiger charge is 2.08. The van der Waals surface area contributed by atoms with Gasteiger partial charge >= 0.3 is 0 Å². The maximum Gasteiger partial charge on any atom is 0.243 e. The third-order valence-corrected chi connectivity index (χ3v) is 4.45. The number of carbonyl (C=O) groups is 1. The predicted octanol–water partition coefficient (Wildman–Crippen LogP) is 4.45. The highest BCUT2D eigenvalue weighted by atomic mass is 16.1. The molecule has 1 amide bonds. The van der Waals surface area contributed by atoms with Crippen molar-refractivity contribution in [2.75, 3.05) is 35.2 Å². The van der Waals surface area contributed by atoms with E-state index in [1.165, 1.54) is 5.69 Å². The zero-order valence-corrected chi connectivity index (χ0v) is 15.7. The molecule has 0 aliphatic carbocycles. The van der Waals surface area contributed by atoms with Crippen LogP contribution in [0.15, 0.2) is 42.5 Å². The van der Waals surface area contributed by atoms with E-state index in [0.717, 1.165) is 42.0 Å². The average Bonchev–Trinajstić information content (AvgIpc) is 2.63. The monoisotopic (exact) mass is 339 g/mol. The Morgan fingerprint density at radius 3 is 2.28 bits per heavy atom. The zero-order chi connectivity index (χ0) is 18.2. The van der Waals surface area contributed by atoms with Crippen molar-refractivity contribution in [3.63, 3.8) is 0 Å². The molecule has 25 heavy (non-hydrogen) atoms. The minimum Gasteiger partial charge on any atom is -0.376 e. The number of aryl methyl sites for hydroxylation is 2. The molecule has 0 aromatic heterocycles. The van der Waals surface area contributed by atoms with Gasteiger partial charge in [0, 0.05) is 30.2 Å². The number of hydrogen-bond donors (Lipinski definition) is 2. The third-order valence-electron chi connectivity index (χ3n) is 4.45. The van der Waals surface area contributed by atoms with Gasteiger partial charge in [-0.15, -0.1) is 0 Å². The van der Waals surface area contributed by atoms with Gasteiger partial charge in [-0.3, -0.25) is 4.79 Å². The van der Waals surface area contributed by atoms with Crippen LogP contribution in [0.2, 0.25) is 0 Å². The van der Waals surface area contributed by atoms with Crippen molar-refractivity contribution in [2.45, 2.75) is 34.1 Å². The van der Waals surface area contributed by atoms with Gasteiger partial charge in [0.15, 0.2) is 0 Å². The summed E-state index contributed by atoms with van der Waals surface area (Å²) in [5, 5.41) is 6.23. The summed E-state index contributed by atoms with van der Waals surface area (Å²) in [7, 11) is 0. The van der Waals surface area contributed by atoms with Crippen molar-refractivity contribution >= 4 is 23.0 Å². The maximum absolute atomic E-state index is 12.3. The standard InChI is InChI=1S/C21H29N3O/c1-5-17-10-8-9-16(4)21(17)23-20(25)15-22-18-11-13-19(14-12-18)24(6-2)7-3/h8-14,22H,5-7,15H2,1-4H3,(H,23,25). The summed E-state index contributed by atoms with van der Waals surface area (Å²) >= 11 is 0. The van der Waals surface area contributed by atoms with Crippen molar-refractivity contribution < 1.29 is 4.79 Å². The summed E-state index contributed by atoms with van der Waals surface area (Å²) < 4.78 is 0. The number of nitrogens with zero attached hydrogens (tertiary/aromatic N) is 1. The molecule has 0 saturated carbocycles. The first-order valence-electron chi connectivity index (χ1n) is 9.06. The second-order valence-electron chi connectivity index (χ2n) is 6.08. The first-order valence-corrected chi connectivity index (χ1v) is 9.06. The lowest BCUT2D eigenvalue weighted by atomic mass is 10.1. The number of carbonyl (C=O) groups excluding carboxylic acids is 1. The molecular weight excluding hydrogens is 310 g/mol. The summed E-state index contributed by atoms with van der Waals surface area (Å²) in [5.74, 6) is -0.0307. The molecule has 0 atom stereocenters. The van der Waals surface area contributed by atoms with Gasteiger partial charge in [-0.05, 0) is 62.6 Å². The highest BCUT2D eigenvalue weighted by molar-refractivity contribution is 5.95. The maximum atomic E-state index is 12.3. The molecule has 0 heterocycles. The molecule has 0 aliphatic heterocycles. The number of nitrogens with one attached hydrogen (secondary N) is 2. The second kappa shape index (κ2) is 9.11. The first kappa shape index (κ1) is 18.8. The van der Waals surface area contributed by atoms with Crippen LogP contribution in [-0.2, 0) is 11.2 Å². The third kappa shape index (κ3) is 4.99. The molecule has 2 aromatic carbocycles. The Morgan fingerprint density at radius 2 is 1.68 bits per heavy atom. The van der Waals surface area contributed by atoms with E-state index < -0.39 is 0 Å². The Labute approximate surface area is 151 Å². The topological polar surface area (TPSA) is 44.4 Å². The Morgan fingerprint density at radius 1 is 1.00 bits per heavy atom. The molecule has 134 valence electrons. The van der Waals surface area contributed by atoms with E-state index in [1.807, 2.05) is 31.2 Å². The van der Waals surface area contributed by atoms with Crippen LogP contribution >= 0.6 is 0 Å². The Hall–Kier alpha value is -2.49. The van der Waals surface area contributed by atoms with Crippen molar-refractivity contribution in [3.8, 4) is 0 Å². The smallest absolute Gasteiger partial charge is 0.243 e. The Kier molecular flexibility index (Phi) is 6.87. The Bertz CT molecular complexity index is 691. The van der Waals surface area contributed by atoms with Crippen molar-refractivity contribution in [3.05, 3.63) is 53.6 Å². The van der Waals surface area contributed by atoms with Gasteiger partial charge < -0.3 is 15.5 Å². The molecule has 4 nitrogen and oxygen atoms in total. The summed E-state index contributed by atoms with van der Waals surface area (Å²) in [6.45, 7) is 10.6. The van der Waals surface area contributed by atoms with Crippen LogP contribution in [-0.4, -0.2) is 25.5 Å². The molecule has 0 spiro atoms. The van der Waals surface area contributed by atoms with E-state index in [1.54, 1.807) is 0 Å².